The second-order valence-corrected chi connectivity index (χ2v) is 3.20. The quantitative estimate of drug-likeness (QED) is 0.689. The molecule has 0 aliphatic heterocycles. The summed E-state index contributed by atoms with van der Waals surface area (Å²) in [6, 6.07) is 13.8. The number of rotatable bonds is 1. The highest BCUT2D eigenvalue weighted by molar-refractivity contribution is 5.95. The Morgan fingerprint density at radius 2 is 1.86 bits per heavy atom. The predicted octanol–water partition coefficient (Wildman–Crippen LogP) is 2.49. The molecule has 0 saturated carbocycles. The Labute approximate surface area is 82.6 Å². The molecule has 0 heterocycles. The van der Waals surface area contributed by atoms with Crippen LogP contribution >= 0.6 is 0 Å². The van der Waals surface area contributed by atoms with Crippen LogP contribution in [0, 0.1) is 11.3 Å². The number of nitrogens with two attached hydrogens (primary N) is 1. The lowest BCUT2D eigenvalue weighted by Crippen LogP contribution is -1.91. The molecule has 0 aliphatic rings. The van der Waals surface area contributed by atoms with Crippen LogP contribution in [-0.2, 0) is 6.42 Å². The third-order valence-electron chi connectivity index (χ3n) is 2.29. The monoisotopic (exact) mass is 182 g/mol. The van der Waals surface area contributed by atoms with Gasteiger partial charge in [0.2, 0.25) is 0 Å². The van der Waals surface area contributed by atoms with Gasteiger partial charge in [-0.2, -0.15) is 5.26 Å². The van der Waals surface area contributed by atoms with E-state index in [-0.39, 0.29) is 0 Å². The van der Waals surface area contributed by atoms with Crippen molar-refractivity contribution in [1.29, 1.82) is 5.26 Å². The van der Waals surface area contributed by atoms with Crippen molar-refractivity contribution in [2.75, 3.05) is 5.73 Å². The average molecular weight is 182 g/mol. The Morgan fingerprint density at radius 1 is 1.14 bits per heavy atom. The molecule has 0 fully saturated rings. The number of nitrogen functional groups attached to an aromatic ring is 1. The molecule has 0 aliphatic carbocycles. The lowest BCUT2D eigenvalue weighted by Gasteiger charge is -2.05. The van der Waals surface area contributed by atoms with E-state index in [0.29, 0.717) is 6.42 Å². The van der Waals surface area contributed by atoms with Gasteiger partial charge in [0, 0.05) is 11.1 Å². The van der Waals surface area contributed by atoms with Crippen molar-refractivity contribution in [3.63, 3.8) is 0 Å². The smallest absolute Gasteiger partial charge is 0.0669 e. The summed E-state index contributed by atoms with van der Waals surface area (Å²) >= 11 is 0. The minimum Gasteiger partial charge on any atom is -0.398 e. The van der Waals surface area contributed by atoms with Crippen molar-refractivity contribution < 1.29 is 0 Å². The van der Waals surface area contributed by atoms with Crippen molar-refractivity contribution in [2.45, 2.75) is 6.42 Å². The van der Waals surface area contributed by atoms with Gasteiger partial charge in [-0.15, -0.1) is 0 Å². The number of benzene rings is 2. The molecule has 0 aromatic heterocycles. The van der Waals surface area contributed by atoms with Gasteiger partial charge in [0.25, 0.3) is 0 Å². The van der Waals surface area contributed by atoms with Crippen molar-refractivity contribution >= 4 is 16.5 Å². The van der Waals surface area contributed by atoms with Gasteiger partial charge in [-0.25, -0.2) is 0 Å². The van der Waals surface area contributed by atoms with Crippen LogP contribution < -0.4 is 5.73 Å². The normalized spacial score (nSPS) is 9.93. The van der Waals surface area contributed by atoms with Crippen molar-refractivity contribution in [1.82, 2.24) is 0 Å². The molecule has 2 N–H and O–H groups in total. The molecular weight excluding hydrogens is 172 g/mol. The van der Waals surface area contributed by atoms with Gasteiger partial charge in [0.05, 0.1) is 12.5 Å². The summed E-state index contributed by atoms with van der Waals surface area (Å²) in [5.74, 6) is 0. The van der Waals surface area contributed by atoms with Crippen molar-refractivity contribution in [3.8, 4) is 6.07 Å². The highest BCUT2D eigenvalue weighted by Crippen LogP contribution is 2.24. The van der Waals surface area contributed by atoms with Gasteiger partial charge >= 0.3 is 0 Å². The Morgan fingerprint density at radius 3 is 2.57 bits per heavy atom. The van der Waals surface area contributed by atoms with Gasteiger partial charge in [-0.05, 0) is 17.0 Å². The number of nitrogens with zero attached hydrogens (tertiary/aromatic N) is 1. The van der Waals surface area contributed by atoms with Crippen molar-refractivity contribution in [2.24, 2.45) is 0 Å². The summed E-state index contributed by atoms with van der Waals surface area (Å²) in [4.78, 5) is 0. The summed E-state index contributed by atoms with van der Waals surface area (Å²) in [6.07, 6.45) is 0.408. The summed E-state index contributed by atoms with van der Waals surface area (Å²) in [6.45, 7) is 0. The van der Waals surface area contributed by atoms with Crippen LogP contribution in [-0.4, -0.2) is 0 Å². The second-order valence-electron chi connectivity index (χ2n) is 3.20. The van der Waals surface area contributed by atoms with Crippen LogP contribution in [0.1, 0.15) is 5.56 Å². The van der Waals surface area contributed by atoms with E-state index in [0.717, 1.165) is 22.0 Å². The first-order chi connectivity index (χ1) is 6.83. The fraction of sp³-hybridized carbons (Fsp3) is 0.0833. The molecular formula is C12H10N2. The predicted molar refractivity (Wildman–Crippen MR) is 57.7 cm³/mol. The average Bonchev–Trinajstić information content (AvgIpc) is 2.19. The molecule has 0 spiro atoms. The highest BCUT2D eigenvalue weighted by atomic mass is 14.5. The molecule has 2 aromatic carbocycles. The molecule has 14 heavy (non-hydrogen) atoms. The number of anilines is 1. The van der Waals surface area contributed by atoms with Crippen LogP contribution in [0.25, 0.3) is 10.8 Å². The first-order valence-electron chi connectivity index (χ1n) is 4.46. The topological polar surface area (TPSA) is 49.8 Å². The fourth-order valence-electron chi connectivity index (χ4n) is 1.68. The molecule has 0 unspecified atom stereocenters. The van der Waals surface area contributed by atoms with Crippen LogP contribution in [0.3, 0.4) is 0 Å². The minimum atomic E-state index is 0.408. The Kier molecular flexibility index (Phi) is 2.08. The van der Waals surface area contributed by atoms with Gasteiger partial charge in [-0.1, -0.05) is 30.3 Å². The summed E-state index contributed by atoms with van der Waals surface area (Å²) in [5, 5.41) is 10.8. The SMILES string of the molecule is N#CCc1cccc2cccc(N)c12. The van der Waals surface area contributed by atoms with Crippen LogP contribution in [0.2, 0.25) is 0 Å². The summed E-state index contributed by atoms with van der Waals surface area (Å²) in [7, 11) is 0. The van der Waals surface area contributed by atoms with Crippen LogP contribution in [0.5, 0.6) is 0 Å². The number of fused-ring (bicyclic) bond motifs is 1. The van der Waals surface area contributed by atoms with E-state index in [9.17, 15) is 0 Å². The molecule has 68 valence electrons. The molecule has 0 atom stereocenters. The van der Waals surface area contributed by atoms with E-state index in [4.69, 9.17) is 11.0 Å². The molecule has 0 bridgehead atoms. The standard InChI is InChI=1S/C12H10N2/c13-8-7-10-4-1-3-9-5-2-6-11(14)12(9)10/h1-6H,7,14H2. The fourth-order valence-corrected chi connectivity index (χ4v) is 1.68. The summed E-state index contributed by atoms with van der Waals surface area (Å²) < 4.78 is 0. The highest BCUT2D eigenvalue weighted by Gasteiger charge is 2.02. The van der Waals surface area contributed by atoms with Crippen LogP contribution in [0.4, 0.5) is 5.69 Å². The molecule has 0 radical (unpaired) electrons. The van der Waals surface area contributed by atoms with Gasteiger partial charge in [-0.3, -0.25) is 0 Å². The maximum Gasteiger partial charge on any atom is 0.0669 e. The van der Waals surface area contributed by atoms with Crippen molar-refractivity contribution in [3.05, 3.63) is 42.0 Å². The third kappa shape index (κ3) is 1.29. The number of hydrogen-bond donors (Lipinski definition) is 1. The zero-order valence-electron chi connectivity index (χ0n) is 7.70. The molecule has 0 amide bonds. The van der Waals surface area contributed by atoms with E-state index < -0.39 is 0 Å². The van der Waals surface area contributed by atoms with E-state index in [1.54, 1.807) is 0 Å². The van der Waals surface area contributed by atoms with E-state index in [2.05, 4.69) is 6.07 Å². The largest absolute Gasteiger partial charge is 0.398 e. The minimum absolute atomic E-state index is 0.408. The lowest BCUT2D eigenvalue weighted by atomic mass is 10.0. The lowest BCUT2D eigenvalue weighted by molar-refractivity contribution is 1.29. The maximum atomic E-state index is 8.68. The number of nitriles is 1. The molecule has 2 nitrogen and oxygen atoms in total. The molecule has 0 saturated heterocycles. The first-order valence-corrected chi connectivity index (χ1v) is 4.46. The van der Waals surface area contributed by atoms with Gasteiger partial charge in [0.1, 0.15) is 0 Å². The molecule has 2 aromatic rings. The third-order valence-corrected chi connectivity index (χ3v) is 2.29. The van der Waals surface area contributed by atoms with Crippen LogP contribution in [0.15, 0.2) is 36.4 Å². The van der Waals surface area contributed by atoms with Gasteiger partial charge < -0.3 is 5.73 Å². The Hall–Kier alpha value is -2.01. The zero-order chi connectivity index (χ0) is 9.97. The maximum absolute atomic E-state index is 8.68. The number of hydrogen-bond acceptors (Lipinski definition) is 2. The van der Waals surface area contributed by atoms with Gasteiger partial charge in [0.15, 0.2) is 0 Å². The van der Waals surface area contributed by atoms with E-state index in [1.165, 1.54) is 0 Å². The molecule has 2 heteroatoms. The second kappa shape index (κ2) is 3.39. The Balaban J connectivity index is 2.79. The van der Waals surface area contributed by atoms with E-state index >= 15 is 0 Å². The summed E-state index contributed by atoms with van der Waals surface area (Å²) in [5.41, 5.74) is 7.62. The van der Waals surface area contributed by atoms with E-state index in [1.807, 2.05) is 36.4 Å². The molecule has 2 rings (SSSR count). The zero-order valence-corrected chi connectivity index (χ0v) is 7.70. The first kappa shape index (κ1) is 8.58. The Bertz CT molecular complexity index is 504.